The third kappa shape index (κ3) is 5.74. The maximum atomic E-state index is 12.1. The molecule has 0 aliphatic carbocycles. The molecule has 1 aromatic carbocycles. The minimum atomic E-state index is -0.454. The van der Waals surface area contributed by atoms with E-state index < -0.39 is 4.92 Å². The molecule has 1 aliphatic rings. The Morgan fingerprint density at radius 1 is 1.42 bits per heavy atom. The molecule has 24 heavy (non-hydrogen) atoms. The molecule has 2 N–H and O–H groups in total. The maximum Gasteiger partial charge on any atom is 0.269 e. The second kappa shape index (κ2) is 9.56. The van der Waals surface area contributed by atoms with E-state index in [9.17, 15) is 14.9 Å². The number of methoxy groups -OCH3 is 1. The van der Waals surface area contributed by atoms with Gasteiger partial charge in [-0.3, -0.25) is 14.9 Å². The van der Waals surface area contributed by atoms with Crippen molar-refractivity contribution < 1.29 is 14.5 Å². The van der Waals surface area contributed by atoms with E-state index in [0.29, 0.717) is 18.7 Å². The average molecular weight is 358 g/mol. The van der Waals surface area contributed by atoms with Gasteiger partial charge in [0.05, 0.1) is 18.0 Å². The van der Waals surface area contributed by atoms with Crippen LogP contribution in [-0.4, -0.2) is 44.2 Å². The standard InChI is InChI=1S/C16H23N3O4.ClH/c1-23-12-16(5-7-17-8-6-16)11-18-15(20)10-13-3-2-4-14(9-13)19(21)22;/h2-4,9,17H,5-8,10-12H2,1H3,(H,18,20);1H. The summed E-state index contributed by atoms with van der Waals surface area (Å²) in [5, 5.41) is 17.0. The van der Waals surface area contributed by atoms with Gasteiger partial charge in [0.2, 0.25) is 5.91 Å². The first-order valence-electron chi connectivity index (χ1n) is 7.74. The van der Waals surface area contributed by atoms with E-state index in [2.05, 4.69) is 10.6 Å². The van der Waals surface area contributed by atoms with E-state index in [-0.39, 0.29) is 35.8 Å². The molecule has 1 heterocycles. The highest BCUT2D eigenvalue weighted by molar-refractivity contribution is 5.85. The Bertz CT molecular complexity index is 556. The number of benzene rings is 1. The highest BCUT2D eigenvalue weighted by atomic mass is 35.5. The van der Waals surface area contributed by atoms with Crippen molar-refractivity contribution in [2.24, 2.45) is 5.41 Å². The molecular weight excluding hydrogens is 334 g/mol. The number of piperidine rings is 1. The molecule has 1 fully saturated rings. The number of hydrogen-bond donors (Lipinski definition) is 2. The van der Waals surface area contributed by atoms with Crippen LogP contribution in [-0.2, 0) is 16.0 Å². The summed E-state index contributed by atoms with van der Waals surface area (Å²) in [5.41, 5.74) is 0.616. The van der Waals surface area contributed by atoms with Crippen molar-refractivity contribution in [3.8, 4) is 0 Å². The van der Waals surface area contributed by atoms with Crippen molar-refractivity contribution in [1.29, 1.82) is 0 Å². The SMILES string of the molecule is COCC1(CNC(=O)Cc2cccc([N+](=O)[O-])c2)CCNCC1.Cl. The first-order chi connectivity index (χ1) is 11.0. The summed E-state index contributed by atoms with van der Waals surface area (Å²) in [4.78, 5) is 22.5. The first kappa shape index (κ1) is 20.3. The number of nitro benzene ring substituents is 1. The predicted octanol–water partition coefficient (Wildman–Crippen LogP) is 1.69. The lowest BCUT2D eigenvalue weighted by Gasteiger charge is -2.37. The largest absolute Gasteiger partial charge is 0.384 e. The summed E-state index contributed by atoms with van der Waals surface area (Å²) in [6, 6.07) is 6.18. The zero-order valence-electron chi connectivity index (χ0n) is 13.7. The molecule has 0 radical (unpaired) electrons. The number of hydrogen-bond acceptors (Lipinski definition) is 5. The van der Waals surface area contributed by atoms with Crippen molar-refractivity contribution in [3.05, 3.63) is 39.9 Å². The maximum absolute atomic E-state index is 12.1. The molecule has 1 amide bonds. The molecule has 0 spiro atoms. The Hall–Kier alpha value is -1.70. The van der Waals surface area contributed by atoms with E-state index in [1.54, 1.807) is 19.2 Å². The van der Waals surface area contributed by atoms with Gasteiger partial charge in [0.1, 0.15) is 0 Å². The monoisotopic (exact) mass is 357 g/mol. The zero-order valence-corrected chi connectivity index (χ0v) is 14.6. The van der Waals surface area contributed by atoms with Gasteiger partial charge < -0.3 is 15.4 Å². The molecule has 1 aromatic rings. The summed E-state index contributed by atoms with van der Waals surface area (Å²) < 4.78 is 5.32. The Labute approximate surface area is 147 Å². The number of non-ortho nitro benzene ring substituents is 1. The molecule has 0 aromatic heterocycles. The summed E-state index contributed by atoms with van der Waals surface area (Å²) in [7, 11) is 1.68. The van der Waals surface area contributed by atoms with Crippen LogP contribution in [0.3, 0.4) is 0 Å². The lowest BCUT2D eigenvalue weighted by molar-refractivity contribution is -0.384. The van der Waals surface area contributed by atoms with E-state index >= 15 is 0 Å². The Morgan fingerprint density at radius 2 is 2.12 bits per heavy atom. The summed E-state index contributed by atoms with van der Waals surface area (Å²) in [5.74, 6) is -0.125. The Morgan fingerprint density at radius 3 is 2.75 bits per heavy atom. The van der Waals surface area contributed by atoms with E-state index in [4.69, 9.17) is 4.74 Å². The van der Waals surface area contributed by atoms with Crippen molar-refractivity contribution in [2.45, 2.75) is 19.3 Å². The molecular formula is C16H24ClN3O4. The molecule has 0 saturated carbocycles. The fourth-order valence-corrected chi connectivity index (χ4v) is 2.95. The van der Waals surface area contributed by atoms with Crippen LogP contribution in [0, 0.1) is 15.5 Å². The lowest BCUT2D eigenvalue weighted by atomic mass is 9.79. The number of carbonyl (C=O) groups excluding carboxylic acids is 1. The fourth-order valence-electron chi connectivity index (χ4n) is 2.95. The van der Waals surface area contributed by atoms with Gasteiger partial charge in [-0.2, -0.15) is 0 Å². The fraction of sp³-hybridized carbons (Fsp3) is 0.562. The summed E-state index contributed by atoms with van der Waals surface area (Å²) >= 11 is 0. The third-order valence-electron chi connectivity index (χ3n) is 4.26. The van der Waals surface area contributed by atoms with Gasteiger partial charge in [0.15, 0.2) is 0 Å². The number of carbonyl (C=O) groups is 1. The number of halogens is 1. The number of nitrogens with one attached hydrogen (secondary N) is 2. The van der Waals surface area contributed by atoms with Gasteiger partial charge in [-0.05, 0) is 31.5 Å². The average Bonchev–Trinajstić information content (AvgIpc) is 2.54. The van der Waals surface area contributed by atoms with Crippen LogP contribution in [0.4, 0.5) is 5.69 Å². The van der Waals surface area contributed by atoms with Crippen LogP contribution in [0.1, 0.15) is 18.4 Å². The molecule has 0 unspecified atom stereocenters. The predicted molar refractivity (Wildman–Crippen MR) is 93.5 cm³/mol. The number of rotatable bonds is 7. The topological polar surface area (TPSA) is 93.5 Å². The minimum absolute atomic E-state index is 0. The minimum Gasteiger partial charge on any atom is -0.384 e. The van der Waals surface area contributed by atoms with Crippen molar-refractivity contribution >= 4 is 24.0 Å². The number of amides is 1. The highest BCUT2D eigenvalue weighted by Gasteiger charge is 2.32. The van der Waals surface area contributed by atoms with Crippen molar-refractivity contribution in [1.82, 2.24) is 10.6 Å². The second-order valence-corrected chi connectivity index (χ2v) is 6.06. The normalized spacial score (nSPS) is 16.0. The van der Waals surface area contributed by atoms with Crippen LogP contribution < -0.4 is 10.6 Å². The number of ether oxygens (including phenoxy) is 1. The molecule has 2 rings (SSSR count). The second-order valence-electron chi connectivity index (χ2n) is 6.06. The molecule has 0 atom stereocenters. The molecule has 7 nitrogen and oxygen atoms in total. The Kier molecular flexibility index (Phi) is 8.10. The van der Waals surface area contributed by atoms with Gasteiger partial charge in [-0.1, -0.05) is 12.1 Å². The smallest absolute Gasteiger partial charge is 0.269 e. The molecule has 0 bridgehead atoms. The molecule has 8 heteroatoms. The first-order valence-corrected chi connectivity index (χ1v) is 7.74. The van der Waals surface area contributed by atoms with Crippen LogP contribution in [0.15, 0.2) is 24.3 Å². The lowest BCUT2D eigenvalue weighted by Crippen LogP contribution is -2.47. The molecule has 1 aliphatic heterocycles. The third-order valence-corrected chi connectivity index (χ3v) is 4.26. The van der Waals surface area contributed by atoms with Gasteiger partial charge in [-0.15, -0.1) is 12.4 Å². The van der Waals surface area contributed by atoms with Gasteiger partial charge in [0.25, 0.3) is 5.69 Å². The Balaban J connectivity index is 0.00000288. The van der Waals surface area contributed by atoms with Gasteiger partial charge >= 0.3 is 0 Å². The zero-order chi connectivity index (χ0) is 16.7. The number of nitrogens with zero attached hydrogens (tertiary/aromatic N) is 1. The van der Waals surface area contributed by atoms with Crippen LogP contribution in [0.5, 0.6) is 0 Å². The summed E-state index contributed by atoms with van der Waals surface area (Å²) in [6.07, 6.45) is 2.05. The van der Waals surface area contributed by atoms with Crippen LogP contribution in [0.2, 0.25) is 0 Å². The van der Waals surface area contributed by atoms with E-state index in [0.717, 1.165) is 25.9 Å². The highest BCUT2D eigenvalue weighted by Crippen LogP contribution is 2.28. The number of nitro groups is 1. The van der Waals surface area contributed by atoms with Gasteiger partial charge in [-0.25, -0.2) is 0 Å². The molecule has 1 saturated heterocycles. The van der Waals surface area contributed by atoms with Crippen LogP contribution >= 0.6 is 12.4 Å². The van der Waals surface area contributed by atoms with Gasteiger partial charge in [0, 0.05) is 31.2 Å². The quantitative estimate of drug-likeness (QED) is 0.572. The van der Waals surface area contributed by atoms with Crippen molar-refractivity contribution in [3.63, 3.8) is 0 Å². The van der Waals surface area contributed by atoms with E-state index in [1.165, 1.54) is 12.1 Å². The van der Waals surface area contributed by atoms with Crippen molar-refractivity contribution in [2.75, 3.05) is 33.4 Å². The van der Waals surface area contributed by atoms with E-state index in [1.807, 2.05) is 0 Å². The molecule has 134 valence electrons. The van der Waals surface area contributed by atoms with Crippen LogP contribution in [0.25, 0.3) is 0 Å². The summed E-state index contributed by atoms with van der Waals surface area (Å²) in [6.45, 7) is 3.02.